The Morgan fingerprint density at radius 2 is 1.24 bits per heavy atom. The fourth-order valence-electron chi connectivity index (χ4n) is 2.34. The van der Waals surface area contributed by atoms with Crippen molar-refractivity contribution in [2.24, 2.45) is 10.2 Å². The molecule has 0 heterocycles. The van der Waals surface area contributed by atoms with E-state index >= 15 is 0 Å². The summed E-state index contributed by atoms with van der Waals surface area (Å²) >= 11 is 0. The Morgan fingerprint density at radius 3 is 1.79 bits per heavy atom. The van der Waals surface area contributed by atoms with Gasteiger partial charge in [0.1, 0.15) is 11.4 Å². The van der Waals surface area contributed by atoms with E-state index in [1.54, 1.807) is 0 Å². The predicted molar refractivity (Wildman–Crippen MR) is 110 cm³/mol. The van der Waals surface area contributed by atoms with Crippen molar-refractivity contribution in [1.29, 1.82) is 0 Å². The van der Waals surface area contributed by atoms with Gasteiger partial charge in [-0.15, -0.1) is 5.11 Å². The molecule has 0 bridgehead atoms. The SMILES string of the molecule is O=S(=O)(O)c1ccc(/N=N/c2c(O)ccc3cc(S(=O)(=O)O)ccc23)cc1.[NaH].[NaH]. The minimum absolute atomic E-state index is 0. The second-order valence-corrected chi connectivity index (χ2v) is 8.30. The van der Waals surface area contributed by atoms with E-state index in [4.69, 9.17) is 9.11 Å². The van der Waals surface area contributed by atoms with Crippen molar-refractivity contribution in [3.05, 3.63) is 54.6 Å². The van der Waals surface area contributed by atoms with E-state index in [0.717, 1.165) is 18.2 Å². The first kappa shape index (κ1) is 26.2. The van der Waals surface area contributed by atoms with Gasteiger partial charge in [0.25, 0.3) is 20.2 Å². The van der Waals surface area contributed by atoms with Crippen LogP contribution in [0.1, 0.15) is 0 Å². The molecule has 144 valence electrons. The molecule has 3 rings (SSSR count). The third-order valence-corrected chi connectivity index (χ3v) is 5.36. The van der Waals surface area contributed by atoms with Crippen LogP contribution in [0.4, 0.5) is 11.4 Å². The number of hydrogen-bond donors (Lipinski definition) is 3. The summed E-state index contributed by atoms with van der Waals surface area (Å²) in [6.07, 6.45) is 0. The molecule has 0 fully saturated rings. The second-order valence-electron chi connectivity index (χ2n) is 5.46. The first-order valence-corrected chi connectivity index (χ1v) is 10.2. The molecule has 3 aromatic rings. The monoisotopic (exact) mass is 456 g/mol. The Kier molecular flexibility index (Phi) is 8.99. The predicted octanol–water partition coefficient (Wildman–Crippen LogP) is 2.16. The van der Waals surface area contributed by atoms with E-state index < -0.39 is 20.2 Å². The van der Waals surface area contributed by atoms with Gasteiger partial charge >= 0.3 is 59.1 Å². The zero-order valence-corrected chi connectivity index (χ0v) is 15.0. The van der Waals surface area contributed by atoms with Crippen LogP contribution in [0.5, 0.6) is 5.75 Å². The van der Waals surface area contributed by atoms with Crippen LogP contribution in [0.2, 0.25) is 0 Å². The summed E-state index contributed by atoms with van der Waals surface area (Å²) in [4.78, 5) is -0.600. The molecule has 0 atom stereocenters. The van der Waals surface area contributed by atoms with Gasteiger partial charge in [0.05, 0.1) is 15.5 Å². The van der Waals surface area contributed by atoms with Crippen LogP contribution >= 0.6 is 0 Å². The van der Waals surface area contributed by atoms with E-state index in [9.17, 15) is 21.9 Å². The van der Waals surface area contributed by atoms with Crippen LogP contribution < -0.4 is 0 Å². The van der Waals surface area contributed by atoms with E-state index in [1.165, 1.54) is 36.4 Å². The quantitative estimate of drug-likeness (QED) is 0.309. The number of rotatable bonds is 4. The second kappa shape index (κ2) is 9.96. The Balaban J connectivity index is 0.00000210. The molecular formula is C16H14N2Na2O7S2. The molecule has 3 aromatic carbocycles. The van der Waals surface area contributed by atoms with Crippen molar-refractivity contribution < 1.29 is 31.0 Å². The van der Waals surface area contributed by atoms with Gasteiger partial charge in [-0.1, -0.05) is 12.1 Å². The van der Waals surface area contributed by atoms with Gasteiger partial charge < -0.3 is 5.11 Å². The average molecular weight is 456 g/mol. The van der Waals surface area contributed by atoms with Crippen molar-refractivity contribution in [2.45, 2.75) is 9.79 Å². The molecule has 0 spiro atoms. The zero-order valence-electron chi connectivity index (χ0n) is 13.4. The number of benzene rings is 3. The van der Waals surface area contributed by atoms with Crippen molar-refractivity contribution in [3.8, 4) is 5.75 Å². The van der Waals surface area contributed by atoms with Gasteiger partial charge in [-0.2, -0.15) is 21.9 Å². The van der Waals surface area contributed by atoms with Gasteiger partial charge in [0, 0.05) is 5.39 Å². The molecule has 3 N–H and O–H groups in total. The molecule has 0 aromatic heterocycles. The van der Waals surface area contributed by atoms with Gasteiger partial charge in [0.15, 0.2) is 0 Å². The van der Waals surface area contributed by atoms with Crippen molar-refractivity contribution in [1.82, 2.24) is 0 Å². The maximum absolute atomic E-state index is 11.2. The third kappa shape index (κ3) is 6.31. The molecule has 0 saturated carbocycles. The Bertz CT molecular complexity index is 1280. The standard InChI is InChI=1S/C16H12N2O7S2.2Na.2H/c19-15-8-1-10-9-13(27(23,24)25)6-7-14(10)16(15)18-17-11-2-4-12(5-3-11)26(20,21)22;;;;/h1-9,19H,(H,20,21,22)(H,23,24,25);;;;/b18-17+;;;;. The van der Waals surface area contributed by atoms with Crippen LogP contribution in [-0.2, 0) is 20.2 Å². The van der Waals surface area contributed by atoms with Crippen molar-refractivity contribution in [3.63, 3.8) is 0 Å². The van der Waals surface area contributed by atoms with E-state index in [1.807, 2.05) is 0 Å². The first-order valence-electron chi connectivity index (χ1n) is 7.28. The molecule has 0 amide bonds. The van der Waals surface area contributed by atoms with E-state index in [2.05, 4.69) is 10.2 Å². The third-order valence-electron chi connectivity index (χ3n) is 3.64. The molecule has 9 nitrogen and oxygen atoms in total. The van der Waals surface area contributed by atoms with E-state index in [-0.39, 0.29) is 86.0 Å². The molecule has 0 radical (unpaired) electrons. The molecule has 0 aliphatic rings. The molecule has 0 aliphatic heterocycles. The van der Waals surface area contributed by atoms with Crippen LogP contribution in [0.3, 0.4) is 0 Å². The fraction of sp³-hybridized carbons (Fsp3) is 0. The first-order chi connectivity index (χ1) is 12.6. The van der Waals surface area contributed by atoms with Crippen molar-refractivity contribution in [2.75, 3.05) is 0 Å². The summed E-state index contributed by atoms with van der Waals surface area (Å²) in [5.74, 6) is -0.208. The molecule has 13 heteroatoms. The Labute approximate surface area is 210 Å². The summed E-state index contributed by atoms with van der Waals surface area (Å²) in [6.45, 7) is 0. The average Bonchev–Trinajstić information content (AvgIpc) is 2.59. The summed E-state index contributed by atoms with van der Waals surface area (Å²) in [5, 5.41) is 18.7. The number of aromatic hydroxyl groups is 1. The van der Waals surface area contributed by atoms with Crippen molar-refractivity contribution >= 4 is 101 Å². The number of azo groups is 1. The summed E-state index contributed by atoms with van der Waals surface area (Å²) in [7, 11) is -8.69. The number of fused-ring (bicyclic) bond motifs is 1. The Hall–Kier alpha value is -0.860. The van der Waals surface area contributed by atoms with Crippen LogP contribution in [-0.4, -0.2) is 90.2 Å². The Morgan fingerprint density at radius 1 is 0.690 bits per heavy atom. The minimum atomic E-state index is -4.37. The molecule has 0 aliphatic carbocycles. The number of nitrogens with zero attached hydrogens (tertiary/aromatic N) is 2. The van der Waals surface area contributed by atoms with Gasteiger partial charge in [-0.3, -0.25) is 9.11 Å². The van der Waals surface area contributed by atoms with Crippen LogP contribution in [0.15, 0.2) is 74.6 Å². The van der Waals surface area contributed by atoms with Gasteiger partial charge in [-0.25, -0.2) is 0 Å². The number of hydrogen-bond acceptors (Lipinski definition) is 7. The topological polar surface area (TPSA) is 154 Å². The molecular weight excluding hydrogens is 442 g/mol. The van der Waals surface area contributed by atoms with Crippen LogP contribution in [0.25, 0.3) is 10.8 Å². The van der Waals surface area contributed by atoms with Gasteiger partial charge in [-0.05, 0) is 47.9 Å². The van der Waals surface area contributed by atoms with Gasteiger partial charge in [0.2, 0.25) is 0 Å². The zero-order chi connectivity index (χ0) is 19.8. The summed E-state index contributed by atoms with van der Waals surface area (Å²) in [5.41, 5.74) is 0.321. The molecule has 0 saturated heterocycles. The fourth-order valence-corrected chi connectivity index (χ4v) is 3.33. The summed E-state index contributed by atoms with van der Waals surface area (Å²) < 4.78 is 62.6. The maximum atomic E-state index is 11.2. The molecule has 29 heavy (non-hydrogen) atoms. The summed E-state index contributed by atoms with van der Waals surface area (Å²) in [6, 6.07) is 11.4. The normalized spacial score (nSPS) is 11.8. The molecule has 0 unspecified atom stereocenters. The number of phenolic OH excluding ortho intramolecular Hbond substituents is 1. The number of phenols is 1. The van der Waals surface area contributed by atoms with E-state index in [0.29, 0.717) is 10.8 Å². The van der Waals surface area contributed by atoms with Crippen LogP contribution in [0, 0.1) is 0 Å².